The number of alkyl halides is 1. The van der Waals surface area contributed by atoms with Crippen molar-refractivity contribution >= 4 is 40.7 Å². The molecule has 3 aliphatic rings. The summed E-state index contributed by atoms with van der Waals surface area (Å²) >= 11 is 11.7. The van der Waals surface area contributed by atoms with Crippen molar-refractivity contribution in [1.82, 2.24) is 9.80 Å². The standard InChI is InChI=1S/C23H31Cl2N3O3/c24-17-20(29)27-11-5-22(6-12-27)7-13-28(14-8-22)21(30)23(9-15-31-16-10-23)26-19-3-1-18(25)2-4-19/h1-4,26H,5-17H2. The maximum atomic E-state index is 13.7. The molecule has 8 heteroatoms. The zero-order valence-corrected chi connectivity index (χ0v) is 19.4. The van der Waals surface area contributed by atoms with Crippen LogP contribution in [-0.2, 0) is 14.3 Å². The van der Waals surface area contributed by atoms with Crippen molar-refractivity contribution in [2.24, 2.45) is 5.41 Å². The molecule has 0 radical (unpaired) electrons. The van der Waals surface area contributed by atoms with Crippen LogP contribution in [0.4, 0.5) is 5.69 Å². The molecule has 3 aliphatic heterocycles. The van der Waals surface area contributed by atoms with Gasteiger partial charge in [0.2, 0.25) is 11.8 Å². The molecule has 0 aliphatic carbocycles. The molecule has 1 spiro atoms. The van der Waals surface area contributed by atoms with Crippen LogP contribution >= 0.6 is 23.2 Å². The molecule has 3 fully saturated rings. The lowest BCUT2D eigenvalue weighted by atomic mass is 9.71. The van der Waals surface area contributed by atoms with E-state index in [2.05, 4.69) is 5.32 Å². The number of halogens is 2. The summed E-state index contributed by atoms with van der Waals surface area (Å²) in [6.07, 6.45) is 5.31. The fraction of sp³-hybridized carbons (Fsp3) is 0.652. The lowest BCUT2D eigenvalue weighted by Gasteiger charge is -2.49. The third-order valence-corrected chi connectivity index (χ3v) is 7.87. The Balaban J connectivity index is 1.40. The van der Waals surface area contributed by atoms with E-state index < -0.39 is 5.54 Å². The molecule has 0 aromatic heterocycles. The van der Waals surface area contributed by atoms with Crippen molar-refractivity contribution in [3.8, 4) is 0 Å². The van der Waals surface area contributed by atoms with E-state index in [0.29, 0.717) is 31.1 Å². The van der Waals surface area contributed by atoms with E-state index in [0.717, 1.165) is 57.5 Å². The molecule has 2 amide bonds. The highest BCUT2D eigenvalue weighted by Gasteiger charge is 2.46. The minimum absolute atomic E-state index is 0.0267. The maximum absolute atomic E-state index is 13.7. The Morgan fingerprint density at radius 2 is 1.45 bits per heavy atom. The van der Waals surface area contributed by atoms with Gasteiger partial charge >= 0.3 is 0 Å². The number of likely N-dealkylation sites (tertiary alicyclic amines) is 2. The van der Waals surface area contributed by atoms with E-state index in [4.69, 9.17) is 27.9 Å². The molecular weight excluding hydrogens is 437 g/mol. The number of rotatable bonds is 4. The molecule has 3 heterocycles. The SMILES string of the molecule is O=C(CCl)N1CCC2(CC1)CCN(C(=O)C1(Nc3ccc(Cl)cc3)CCOCC1)CC2. The topological polar surface area (TPSA) is 61.9 Å². The Bertz CT molecular complexity index is 778. The van der Waals surface area contributed by atoms with Crippen LogP contribution < -0.4 is 5.32 Å². The normalized spacial score (nSPS) is 22.9. The van der Waals surface area contributed by atoms with Gasteiger partial charge in [0.1, 0.15) is 11.4 Å². The van der Waals surface area contributed by atoms with Gasteiger partial charge in [0, 0.05) is 62.9 Å². The molecule has 4 rings (SSSR count). The van der Waals surface area contributed by atoms with E-state index in [1.165, 1.54) is 0 Å². The highest BCUT2D eigenvalue weighted by atomic mass is 35.5. The predicted octanol–water partition coefficient (Wildman–Crippen LogP) is 3.77. The molecule has 0 unspecified atom stereocenters. The molecule has 6 nitrogen and oxygen atoms in total. The average molecular weight is 468 g/mol. The summed E-state index contributed by atoms with van der Waals surface area (Å²) in [4.78, 5) is 29.5. The van der Waals surface area contributed by atoms with Crippen molar-refractivity contribution < 1.29 is 14.3 Å². The van der Waals surface area contributed by atoms with Crippen molar-refractivity contribution in [3.05, 3.63) is 29.3 Å². The summed E-state index contributed by atoms with van der Waals surface area (Å²) in [7, 11) is 0. The summed E-state index contributed by atoms with van der Waals surface area (Å²) in [5.41, 5.74) is 0.517. The average Bonchev–Trinajstić information content (AvgIpc) is 2.81. The van der Waals surface area contributed by atoms with Gasteiger partial charge < -0.3 is 19.9 Å². The van der Waals surface area contributed by atoms with Crippen molar-refractivity contribution in [2.75, 3.05) is 50.6 Å². The van der Waals surface area contributed by atoms with Gasteiger partial charge in [-0.2, -0.15) is 0 Å². The summed E-state index contributed by atoms with van der Waals surface area (Å²) < 4.78 is 5.57. The van der Waals surface area contributed by atoms with Gasteiger partial charge in [-0.05, 0) is 55.4 Å². The molecule has 0 bridgehead atoms. The van der Waals surface area contributed by atoms with Gasteiger partial charge in [0.05, 0.1) is 0 Å². The smallest absolute Gasteiger partial charge is 0.248 e. The van der Waals surface area contributed by atoms with Gasteiger partial charge in [-0.3, -0.25) is 9.59 Å². The van der Waals surface area contributed by atoms with Crippen LogP contribution in [0.5, 0.6) is 0 Å². The van der Waals surface area contributed by atoms with E-state index in [1.807, 2.05) is 34.1 Å². The van der Waals surface area contributed by atoms with Crippen molar-refractivity contribution in [2.45, 2.75) is 44.1 Å². The Kier molecular flexibility index (Phi) is 6.99. The zero-order valence-electron chi connectivity index (χ0n) is 17.9. The Hall–Kier alpha value is -1.50. The highest BCUT2D eigenvalue weighted by molar-refractivity contribution is 6.30. The lowest BCUT2D eigenvalue weighted by Crippen LogP contribution is -2.59. The van der Waals surface area contributed by atoms with Crippen LogP contribution in [0.3, 0.4) is 0 Å². The molecule has 31 heavy (non-hydrogen) atoms. The number of benzene rings is 1. The van der Waals surface area contributed by atoms with Crippen LogP contribution in [0.15, 0.2) is 24.3 Å². The minimum atomic E-state index is -0.632. The number of carbonyl (C=O) groups excluding carboxylic acids is 2. The van der Waals surface area contributed by atoms with Crippen molar-refractivity contribution in [3.63, 3.8) is 0 Å². The summed E-state index contributed by atoms with van der Waals surface area (Å²) in [6, 6.07) is 7.53. The Labute approximate surface area is 194 Å². The molecule has 1 aromatic carbocycles. The lowest BCUT2D eigenvalue weighted by molar-refractivity contribution is -0.142. The number of nitrogens with zero attached hydrogens (tertiary/aromatic N) is 2. The third-order valence-electron chi connectivity index (χ3n) is 7.39. The molecule has 1 aromatic rings. The van der Waals surface area contributed by atoms with Crippen LogP contribution in [0.2, 0.25) is 5.02 Å². The first kappa shape index (κ1) is 22.7. The number of nitrogens with one attached hydrogen (secondary N) is 1. The monoisotopic (exact) mass is 467 g/mol. The second-order valence-electron chi connectivity index (χ2n) is 9.13. The van der Waals surface area contributed by atoms with Crippen LogP contribution in [-0.4, -0.2) is 72.4 Å². The number of piperidine rings is 2. The first-order valence-corrected chi connectivity index (χ1v) is 12.1. The van der Waals surface area contributed by atoms with E-state index in [9.17, 15) is 9.59 Å². The van der Waals surface area contributed by atoms with E-state index >= 15 is 0 Å². The largest absolute Gasteiger partial charge is 0.381 e. The molecule has 170 valence electrons. The minimum Gasteiger partial charge on any atom is -0.381 e. The van der Waals surface area contributed by atoms with E-state index in [1.54, 1.807) is 0 Å². The highest BCUT2D eigenvalue weighted by Crippen LogP contribution is 2.42. The number of hydrogen-bond acceptors (Lipinski definition) is 4. The third kappa shape index (κ3) is 4.96. The molecular formula is C23H31Cl2N3O3. The number of ether oxygens (including phenoxy) is 1. The fourth-order valence-corrected chi connectivity index (χ4v) is 5.52. The molecule has 1 N–H and O–H groups in total. The second kappa shape index (κ2) is 9.55. The van der Waals surface area contributed by atoms with Crippen molar-refractivity contribution in [1.29, 1.82) is 0 Å². The summed E-state index contributed by atoms with van der Waals surface area (Å²) in [5.74, 6) is 0.260. The molecule has 3 saturated heterocycles. The van der Waals surface area contributed by atoms with Crippen LogP contribution in [0, 0.1) is 5.41 Å². The van der Waals surface area contributed by atoms with Gasteiger partial charge in [-0.25, -0.2) is 0 Å². The second-order valence-corrected chi connectivity index (χ2v) is 9.84. The first-order valence-electron chi connectivity index (χ1n) is 11.2. The number of amides is 2. The Morgan fingerprint density at radius 1 is 0.903 bits per heavy atom. The number of hydrogen-bond donors (Lipinski definition) is 1. The number of anilines is 1. The van der Waals surface area contributed by atoms with Crippen LogP contribution in [0.25, 0.3) is 0 Å². The van der Waals surface area contributed by atoms with Gasteiger partial charge in [0.25, 0.3) is 0 Å². The van der Waals surface area contributed by atoms with Gasteiger partial charge in [0.15, 0.2) is 0 Å². The summed E-state index contributed by atoms with van der Waals surface area (Å²) in [6.45, 7) is 4.25. The molecule has 0 saturated carbocycles. The number of carbonyl (C=O) groups is 2. The van der Waals surface area contributed by atoms with Gasteiger partial charge in [-0.1, -0.05) is 11.6 Å². The van der Waals surface area contributed by atoms with Crippen LogP contribution in [0.1, 0.15) is 38.5 Å². The quantitative estimate of drug-likeness (QED) is 0.684. The van der Waals surface area contributed by atoms with Gasteiger partial charge in [-0.15, -0.1) is 11.6 Å². The predicted molar refractivity (Wildman–Crippen MR) is 123 cm³/mol. The zero-order chi connectivity index (χ0) is 21.9. The first-order chi connectivity index (χ1) is 15.0. The summed E-state index contributed by atoms with van der Waals surface area (Å²) in [5, 5.41) is 4.21. The van der Waals surface area contributed by atoms with E-state index in [-0.39, 0.29) is 23.1 Å². The fourth-order valence-electron chi connectivity index (χ4n) is 5.22. The Morgan fingerprint density at radius 3 is 2.00 bits per heavy atom. The molecule has 0 atom stereocenters. The maximum Gasteiger partial charge on any atom is 0.248 e.